The topological polar surface area (TPSA) is 105 Å². The van der Waals surface area contributed by atoms with E-state index in [2.05, 4.69) is 0 Å². The first kappa shape index (κ1) is 30.8. The largest absolute Gasteiger partial charge is 0.462 e. The lowest BCUT2D eigenvalue weighted by Crippen LogP contribution is -2.11. The molecule has 0 radical (unpaired) electrons. The lowest BCUT2D eigenvalue weighted by molar-refractivity contribution is -0.143. The Bertz CT molecular complexity index is 1080. The zero-order chi connectivity index (χ0) is 29.8. The molecule has 2 aliphatic rings. The fourth-order valence-electron chi connectivity index (χ4n) is 4.27. The molecule has 0 aliphatic heterocycles. The van der Waals surface area contributed by atoms with Gasteiger partial charge >= 0.3 is 23.9 Å². The van der Waals surface area contributed by atoms with Crippen molar-refractivity contribution in [3.8, 4) is 0 Å². The number of esters is 4. The number of alkyl halides is 4. The van der Waals surface area contributed by atoms with E-state index in [-0.39, 0.29) is 11.1 Å². The molecule has 40 heavy (non-hydrogen) atoms. The Balaban J connectivity index is 1.51. The summed E-state index contributed by atoms with van der Waals surface area (Å²) in [6, 6.07) is 5.27. The molecular weight excluding hydrogens is 540 g/mol. The van der Waals surface area contributed by atoms with Crippen LogP contribution in [0.4, 0.5) is 17.6 Å². The molecule has 2 saturated carbocycles. The average molecular weight is 571 g/mol. The van der Waals surface area contributed by atoms with E-state index in [4.69, 9.17) is 18.9 Å². The SMILES string of the molecule is CC(C)OC(=O)/C=C/C(=O)OC[C@H]1[C@H](c2ccc([C@H]3[C@H](COC(=O)/C=C/C(=O)OC(C)C)C3(F)F)cc2)C1(F)F. The number of hydrogen-bond donors (Lipinski definition) is 0. The van der Waals surface area contributed by atoms with Crippen molar-refractivity contribution in [1.82, 2.24) is 0 Å². The smallest absolute Gasteiger partial charge is 0.331 e. The summed E-state index contributed by atoms with van der Waals surface area (Å²) in [5.74, 6) is -15.0. The van der Waals surface area contributed by atoms with Crippen molar-refractivity contribution in [2.45, 2.75) is 63.6 Å². The molecule has 0 bridgehead atoms. The van der Waals surface area contributed by atoms with Crippen LogP contribution >= 0.6 is 0 Å². The third-order valence-corrected chi connectivity index (χ3v) is 6.28. The molecule has 1 aromatic carbocycles. The minimum absolute atomic E-state index is 0.191. The Hall–Kier alpha value is -3.70. The summed E-state index contributed by atoms with van der Waals surface area (Å²) in [6.07, 6.45) is 2.47. The summed E-state index contributed by atoms with van der Waals surface area (Å²) in [6.45, 7) is 5.28. The highest BCUT2D eigenvalue weighted by molar-refractivity contribution is 5.92. The maximum atomic E-state index is 14.4. The van der Waals surface area contributed by atoms with Crippen LogP contribution in [0.15, 0.2) is 48.6 Å². The van der Waals surface area contributed by atoms with E-state index in [1.807, 2.05) is 0 Å². The second kappa shape index (κ2) is 12.2. The van der Waals surface area contributed by atoms with Crippen LogP contribution in [0, 0.1) is 11.8 Å². The minimum Gasteiger partial charge on any atom is -0.462 e. The van der Waals surface area contributed by atoms with Crippen LogP contribution in [0.5, 0.6) is 0 Å². The van der Waals surface area contributed by atoms with Crippen LogP contribution in [0.2, 0.25) is 0 Å². The number of benzene rings is 1. The summed E-state index contributed by atoms with van der Waals surface area (Å²) >= 11 is 0. The van der Waals surface area contributed by atoms with Crippen molar-refractivity contribution >= 4 is 23.9 Å². The zero-order valence-electron chi connectivity index (χ0n) is 22.3. The molecule has 8 nitrogen and oxygen atoms in total. The molecule has 2 fully saturated rings. The van der Waals surface area contributed by atoms with E-state index in [1.165, 1.54) is 24.3 Å². The van der Waals surface area contributed by atoms with Gasteiger partial charge in [-0.1, -0.05) is 24.3 Å². The van der Waals surface area contributed by atoms with Crippen LogP contribution in [0.1, 0.15) is 50.7 Å². The van der Waals surface area contributed by atoms with Crippen molar-refractivity contribution in [3.05, 3.63) is 59.7 Å². The summed E-state index contributed by atoms with van der Waals surface area (Å²) in [5, 5.41) is 0. The zero-order valence-corrected chi connectivity index (χ0v) is 22.3. The highest BCUT2D eigenvalue weighted by atomic mass is 19.3. The summed E-state index contributed by atoms with van der Waals surface area (Å²) < 4.78 is 76.8. The van der Waals surface area contributed by atoms with Gasteiger partial charge in [0.25, 0.3) is 11.8 Å². The first-order valence-corrected chi connectivity index (χ1v) is 12.6. The van der Waals surface area contributed by atoms with E-state index in [0.717, 1.165) is 24.3 Å². The van der Waals surface area contributed by atoms with Gasteiger partial charge in [0, 0.05) is 24.3 Å². The van der Waals surface area contributed by atoms with E-state index < -0.39 is 84.8 Å². The highest BCUT2D eigenvalue weighted by Gasteiger charge is 2.70. The molecule has 12 heteroatoms. The molecule has 4 atom stereocenters. The van der Waals surface area contributed by atoms with Gasteiger partial charge in [-0.3, -0.25) is 0 Å². The van der Waals surface area contributed by atoms with Crippen LogP contribution in [-0.4, -0.2) is 61.1 Å². The highest BCUT2D eigenvalue weighted by Crippen LogP contribution is 2.63. The fraction of sp³-hybridized carbons (Fsp3) is 0.500. The molecule has 218 valence electrons. The summed E-state index contributed by atoms with van der Waals surface area (Å²) in [4.78, 5) is 46.3. The Morgan fingerprint density at radius 1 is 0.650 bits per heavy atom. The van der Waals surface area contributed by atoms with Gasteiger partial charge in [0.05, 0.1) is 35.9 Å². The monoisotopic (exact) mass is 570 g/mol. The quantitative estimate of drug-likeness (QED) is 0.157. The molecule has 1 aromatic rings. The van der Waals surface area contributed by atoms with E-state index in [9.17, 15) is 36.7 Å². The normalized spacial score (nSPS) is 24.2. The molecule has 0 spiro atoms. The lowest BCUT2D eigenvalue weighted by atomic mass is 10.0. The average Bonchev–Trinajstić information content (AvgIpc) is 3.63. The van der Waals surface area contributed by atoms with Crippen LogP contribution < -0.4 is 0 Å². The number of carbonyl (C=O) groups excluding carboxylic acids is 4. The number of hydrogen-bond acceptors (Lipinski definition) is 8. The molecule has 3 rings (SSSR count). The van der Waals surface area contributed by atoms with E-state index in [0.29, 0.717) is 0 Å². The van der Waals surface area contributed by atoms with Crippen molar-refractivity contribution in [2.24, 2.45) is 11.8 Å². The van der Waals surface area contributed by atoms with Gasteiger partial charge in [0.2, 0.25) is 0 Å². The predicted molar refractivity (Wildman–Crippen MR) is 131 cm³/mol. The third-order valence-electron chi connectivity index (χ3n) is 6.28. The maximum Gasteiger partial charge on any atom is 0.331 e. The molecule has 0 saturated heterocycles. The van der Waals surface area contributed by atoms with Crippen molar-refractivity contribution in [2.75, 3.05) is 13.2 Å². The number of carbonyl (C=O) groups is 4. The van der Waals surface area contributed by atoms with Gasteiger partial charge in [0.15, 0.2) is 0 Å². The van der Waals surface area contributed by atoms with Crippen molar-refractivity contribution < 1.29 is 55.7 Å². The molecule has 0 unspecified atom stereocenters. The van der Waals surface area contributed by atoms with E-state index in [1.54, 1.807) is 27.7 Å². The third kappa shape index (κ3) is 7.70. The maximum absolute atomic E-state index is 14.4. The molecular formula is C28H30F4O8. The minimum atomic E-state index is -3.17. The summed E-state index contributed by atoms with van der Waals surface area (Å²) in [5.41, 5.74) is 0.382. The lowest BCUT2D eigenvalue weighted by Gasteiger charge is -2.04. The molecule has 2 aliphatic carbocycles. The fourth-order valence-corrected chi connectivity index (χ4v) is 4.27. The Morgan fingerprint density at radius 2 is 0.950 bits per heavy atom. The first-order chi connectivity index (χ1) is 18.6. The Labute approximate surface area is 228 Å². The predicted octanol–water partition coefficient (Wildman–Crippen LogP) is 4.49. The molecule has 0 N–H and O–H groups in total. The molecule has 0 heterocycles. The summed E-state index contributed by atoms with van der Waals surface area (Å²) in [7, 11) is 0. The van der Waals surface area contributed by atoms with Gasteiger partial charge < -0.3 is 18.9 Å². The van der Waals surface area contributed by atoms with Crippen LogP contribution in [0.25, 0.3) is 0 Å². The van der Waals surface area contributed by atoms with E-state index >= 15 is 0 Å². The Kier molecular flexibility index (Phi) is 9.42. The van der Waals surface area contributed by atoms with Crippen LogP contribution in [-0.2, 0) is 38.1 Å². The number of ether oxygens (including phenoxy) is 4. The second-order valence-electron chi connectivity index (χ2n) is 10.1. The first-order valence-electron chi connectivity index (χ1n) is 12.6. The second-order valence-corrected chi connectivity index (χ2v) is 10.1. The van der Waals surface area contributed by atoms with Gasteiger partial charge in [-0.15, -0.1) is 0 Å². The van der Waals surface area contributed by atoms with Gasteiger partial charge in [-0.25, -0.2) is 36.7 Å². The van der Waals surface area contributed by atoms with Crippen molar-refractivity contribution in [1.29, 1.82) is 0 Å². The molecule has 0 aromatic heterocycles. The van der Waals surface area contributed by atoms with Gasteiger partial charge in [0.1, 0.15) is 13.2 Å². The number of rotatable bonds is 12. The van der Waals surface area contributed by atoms with Gasteiger partial charge in [-0.2, -0.15) is 0 Å². The van der Waals surface area contributed by atoms with Crippen LogP contribution in [0.3, 0.4) is 0 Å². The van der Waals surface area contributed by atoms with Crippen molar-refractivity contribution in [3.63, 3.8) is 0 Å². The number of halogens is 4. The standard InChI is InChI=1S/C28H30F4O8/c1-15(2)39-23(35)11-9-21(33)37-13-19-25(27(19,29)30)17-5-7-18(8-6-17)26-20(28(26,31)32)14-38-22(34)10-12-24(36)40-16(3)4/h5-12,15-16,19-20,25-26H,13-14H2,1-4H3/b11-9+,12-10+/t19-,20-,25-,26-/m0/s1. The van der Waals surface area contributed by atoms with Gasteiger partial charge in [-0.05, 0) is 38.8 Å². The molecule has 0 amide bonds. The Morgan fingerprint density at radius 3 is 1.25 bits per heavy atom.